The Labute approximate surface area is 199 Å². The van der Waals surface area contributed by atoms with Crippen molar-refractivity contribution in [2.75, 3.05) is 14.2 Å². The lowest BCUT2D eigenvalue weighted by Crippen LogP contribution is -2.21. The largest absolute Gasteiger partial charge is 0.497 e. The molecule has 2 N–H and O–H groups in total. The number of methoxy groups -OCH3 is 2. The van der Waals surface area contributed by atoms with Gasteiger partial charge in [0.25, 0.3) is 0 Å². The molecule has 166 valence electrons. The minimum atomic E-state index is -0.532. The SMILES string of the molecule is COc1ccc(C2C(C#N)=C(N)Oc3cc(OC(=O)c4ccc(Br)cc4)ccc32)c(OC)c1. The Morgan fingerprint density at radius 3 is 2.36 bits per heavy atom. The summed E-state index contributed by atoms with van der Waals surface area (Å²) in [5, 5.41) is 9.80. The highest BCUT2D eigenvalue weighted by Crippen LogP contribution is 2.46. The molecule has 0 spiro atoms. The van der Waals surface area contributed by atoms with Crippen molar-refractivity contribution >= 4 is 21.9 Å². The average Bonchev–Trinajstić information content (AvgIpc) is 2.83. The number of ether oxygens (including phenoxy) is 4. The van der Waals surface area contributed by atoms with E-state index in [0.717, 1.165) is 10.0 Å². The number of nitrogens with zero attached hydrogens (tertiary/aromatic N) is 1. The first kappa shape index (κ1) is 22.2. The minimum Gasteiger partial charge on any atom is -0.497 e. The molecule has 0 radical (unpaired) electrons. The topological polar surface area (TPSA) is 104 Å². The fourth-order valence-electron chi connectivity index (χ4n) is 3.63. The van der Waals surface area contributed by atoms with Crippen molar-refractivity contribution in [1.29, 1.82) is 5.26 Å². The molecular formula is C25H19BrN2O5. The van der Waals surface area contributed by atoms with E-state index in [1.807, 2.05) is 6.07 Å². The maximum Gasteiger partial charge on any atom is 0.343 e. The van der Waals surface area contributed by atoms with Crippen molar-refractivity contribution in [3.63, 3.8) is 0 Å². The first-order chi connectivity index (χ1) is 15.9. The highest BCUT2D eigenvalue weighted by atomic mass is 79.9. The van der Waals surface area contributed by atoms with Gasteiger partial charge in [-0.2, -0.15) is 5.26 Å². The molecule has 0 saturated heterocycles. The van der Waals surface area contributed by atoms with Crippen molar-refractivity contribution in [3.8, 4) is 29.1 Å². The monoisotopic (exact) mass is 506 g/mol. The van der Waals surface area contributed by atoms with E-state index in [-0.39, 0.29) is 17.2 Å². The molecular weight excluding hydrogens is 488 g/mol. The zero-order valence-electron chi connectivity index (χ0n) is 17.8. The summed E-state index contributed by atoms with van der Waals surface area (Å²) in [7, 11) is 3.11. The van der Waals surface area contributed by atoms with Crippen LogP contribution in [0.5, 0.6) is 23.0 Å². The Bertz CT molecular complexity index is 1300. The molecule has 0 bridgehead atoms. The Kier molecular flexibility index (Phi) is 6.24. The summed E-state index contributed by atoms with van der Waals surface area (Å²) < 4.78 is 22.9. The van der Waals surface area contributed by atoms with Crippen LogP contribution in [0.25, 0.3) is 0 Å². The number of halogens is 1. The highest BCUT2D eigenvalue weighted by molar-refractivity contribution is 9.10. The molecule has 1 unspecified atom stereocenters. The van der Waals surface area contributed by atoms with E-state index in [1.165, 1.54) is 0 Å². The second kappa shape index (κ2) is 9.27. The molecule has 0 aliphatic carbocycles. The number of carbonyl (C=O) groups excluding carboxylic acids is 1. The molecule has 4 rings (SSSR count). The zero-order chi connectivity index (χ0) is 23.5. The number of fused-ring (bicyclic) bond motifs is 1. The van der Waals surface area contributed by atoms with E-state index in [0.29, 0.717) is 28.4 Å². The van der Waals surface area contributed by atoms with Gasteiger partial charge in [-0.05, 0) is 36.4 Å². The molecule has 0 amide bonds. The molecule has 0 aromatic heterocycles. The third-order valence-corrected chi connectivity index (χ3v) is 5.76. The van der Waals surface area contributed by atoms with E-state index >= 15 is 0 Å². The van der Waals surface area contributed by atoms with E-state index in [9.17, 15) is 10.1 Å². The van der Waals surface area contributed by atoms with Crippen LogP contribution in [-0.4, -0.2) is 20.2 Å². The Morgan fingerprint density at radius 2 is 1.70 bits per heavy atom. The first-order valence-corrected chi connectivity index (χ1v) is 10.7. The fraction of sp³-hybridized carbons (Fsp3) is 0.120. The Morgan fingerprint density at radius 1 is 1.00 bits per heavy atom. The van der Waals surface area contributed by atoms with Crippen molar-refractivity contribution in [3.05, 3.63) is 93.3 Å². The van der Waals surface area contributed by atoms with Crippen LogP contribution in [0.1, 0.15) is 27.4 Å². The van der Waals surface area contributed by atoms with Crippen LogP contribution in [-0.2, 0) is 0 Å². The van der Waals surface area contributed by atoms with Gasteiger partial charge in [-0.25, -0.2) is 4.79 Å². The van der Waals surface area contributed by atoms with Crippen LogP contribution in [0.15, 0.2) is 76.6 Å². The third kappa shape index (κ3) is 4.36. The molecule has 1 atom stereocenters. The summed E-state index contributed by atoms with van der Waals surface area (Å²) in [6.45, 7) is 0. The highest BCUT2D eigenvalue weighted by Gasteiger charge is 2.33. The quantitative estimate of drug-likeness (QED) is 0.387. The lowest BCUT2D eigenvalue weighted by atomic mass is 9.83. The van der Waals surface area contributed by atoms with Crippen molar-refractivity contribution < 1.29 is 23.7 Å². The number of benzene rings is 3. The van der Waals surface area contributed by atoms with Crippen LogP contribution >= 0.6 is 15.9 Å². The molecule has 0 saturated carbocycles. The predicted molar refractivity (Wildman–Crippen MR) is 124 cm³/mol. The van der Waals surface area contributed by atoms with E-state index in [1.54, 1.807) is 68.8 Å². The number of hydrogen-bond acceptors (Lipinski definition) is 7. The minimum absolute atomic E-state index is 0.0238. The van der Waals surface area contributed by atoms with Gasteiger partial charge in [0.15, 0.2) is 0 Å². The van der Waals surface area contributed by atoms with Gasteiger partial charge < -0.3 is 24.7 Å². The number of esters is 1. The van der Waals surface area contributed by atoms with Crippen molar-refractivity contribution in [1.82, 2.24) is 0 Å². The zero-order valence-corrected chi connectivity index (χ0v) is 19.4. The van der Waals surface area contributed by atoms with Gasteiger partial charge in [-0.15, -0.1) is 0 Å². The number of nitriles is 1. The third-order valence-electron chi connectivity index (χ3n) is 5.23. The second-order valence-electron chi connectivity index (χ2n) is 7.13. The van der Waals surface area contributed by atoms with Gasteiger partial charge in [-0.3, -0.25) is 0 Å². The molecule has 1 heterocycles. The smallest absolute Gasteiger partial charge is 0.343 e. The van der Waals surface area contributed by atoms with Crippen molar-refractivity contribution in [2.45, 2.75) is 5.92 Å². The molecule has 33 heavy (non-hydrogen) atoms. The molecule has 8 heteroatoms. The standard InChI is InChI=1S/C25H19BrN2O5/c1-30-16-7-9-18(21(11-16)31-2)23-19-10-8-17(12-22(19)33-24(28)20(23)13-27)32-25(29)14-3-5-15(26)6-4-14/h3-12,23H,28H2,1-2H3. The summed E-state index contributed by atoms with van der Waals surface area (Å²) in [6, 6.07) is 19.3. The van der Waals surface area contributed by atoms with E-state index < -0.39 is 11.9 Å². The lowest BCUT2D eigenvalue weighted by Gasteiger charge is -2.27. The summed E-state index contributed by atoms with van der Waals surface area (Å²) >= 11 is 3.34. The number of rotatable bonds is 5. The molecule has 3 aromatic carbocycles. The van der Waals surface area contributed by atoms with Gasteiger partial charge in [0.05, 0.1) is 25.7 Å². The van der Waals surface area contributed by atoms with Crippen LogP contribution in [0.3, 0.4) is 0 Å². The number of allylic oxidation sites excluding steroid dienone is 1. The summed E-state index contributed by atoms with van der Waals surface area (Å²) in [5.41, 5.74) is 8.17. The predicted octanol–water partition coefficient (Wildman–Crippen LogP) is 4.90. The molecule has 1 aliphatic heterocycles. The van der Waals surface area contributed by atoms with Crippen LogP contribution in [0, 0.1) is 11.3 Å². The number of carbonyl (C=O) groups is 1. The van der Waals surface area contributed by atoms with Gasteiger partial charge in [0.2, 0.25) is 5.88 Å². The Hall–Kier alpha value is -3.96. The Balaban J connectivity index is 1.72. The average molecular weight is 507 g/mol. The van der Waals surface area contributed by atoms with Gasteiger partial charge in [0, 0.05) is 27.7 Å². The number of nitrogens with two attached hydrogens (primary N) is 1. The summed E-state index contributed by atoms with van der Waals surface area (Å²) in [4.78, 5) is 12.5. The van der Waals surface area contributed by atoms with Crippen LogP contribution in [0.2, 0.25) is 0 Å². The van der Waals surface area contributed by atoms with Gasteiger partial charge >= 0.3 is 5.97 Å². The summed E-state index contributed by atoms with van der Waals surface area (Å²) in [5.74, 6) is 0.769. The lowest BCUT2D eigenvalue weighted by molar-refractivity contribution is 0.0734. The van der Waals surface area contributed by atoms with Gasteiger partial charge in [0.1, 0.15) is 34.6 Å². The van der Waals surface area contributed by atoms with E-state index in [2.05, 4.69) is 22.0 Å². The van der Waals surface area contributed by atoms with Gasteiger partial charge in [-0.1, -0.05) is 28.1 Å². The maximum atomic E-state index is 12.5. The molecule has 7 nitrogen and oxygen atoms in total. The normalized spacial score (nSPS) is 14.5. The van der Waals surface area contributed by atoms with E-state index in [4.69, 9.17) is 24.7 Å². The first-order valence-electron chi connectivity index (χ1n) is 9.86. The van der Waals surface area contributed by atoms with Crippen molar-refractivity contribution in [2.24, 2.45) is 5.73 Å². The number of hydrogen-bond donors (Lipinski definition) is 1. The molecule has 1 aliphatic rings. The summed E-state index contributed by atoms with van der Waals surface area (Å²) in [6.07, 6.45) is 0. The molecule has 0 fully saturated rings. The fourth-order valence-corrected chi connectivity index (χ4v) is 3.89. The second-order valence-corrected chi connectivity index (χ2v) is 8.04. The van der Waals surface area contributed by atoms with Crippen LogP contribution in [0.4, 0.5) is 0 Å². The maximum absolute atomic E-state index is 12.5. The van der Waals surface area contributed by atoms with Crippen LogP contribution < -0.4 is 24.7 Å². The molecule has 3 aromatic rings.